The highest BCUT2D eigenvalue weighted by Gasteiger charge is 2.16. The number of anilines is 1. The van der Waals surface area contributed by atoms with Gasteiger partial charge in [0.2, 0.25) is 5.91 Å². The Hall–Kier alpha value is -1.79. The molecule has 0 aliphatic carbocycles. The van der Waals surface area contributed by atoms with Crippen LogP contribution in [0.25, 0.3) is 10.1 Å². The first kappa shape index (κ1) is 13.6. The number of nitrogens with two attached hydrogens (primary N) is 2. The van der Waals surface area contributed by atoms with Crippen LogP contribution in [0.3, 0.4) is 0 Å². The number of fused-ring (bicyclic) bond motifs is 1. The Morgan fingerprint density at radius 3 is 2.79 bits per heavy atom. The van der Waals surface area contributed by atoms with Gasteiger partial charge in [0.15, 0.2) is 0 Å². The van der Waals surface area contributed by atoms with Crippen molar-refractivity contribution in [1.82, 2.24) is 5.32 Å². The van der Waals surface area contributed by atoms with Crippen molar-refractivity contribution in [2.75, 3.05) is 12.3 Å². The standard InChI is InChI=1S/C12H12ClN3O2S/c13-6-1-2-8-7(5-6)10(15)11(19-8)12(18)16-4-3-9(14)17/h1-2,5H,3-4,15H2,(H2,14,17)(H,16,18). The maximum absolute atomic E-state index is 11.9. The normalized spacial score (nSPS) is 10.6. The summed E-state index contributed by atoms with van der Waals surface area (Å²) in [4.78, 5) is 23.0. The van der Waals surface area contributed by atoms with Crippen molar-refractivity contribution in [1.29, 1.82) is 0 Å². The van der Waals surface area contributed by atoms with Crippen LogP contribution >= 0.6 is 22.9 Å². The number of halogens is 1. The molecule has 2 rings (SSSR count). The molecular weight excluding hydrogens is 286 g/mol. The second-order valence-corrected chi connectivity index (χ2v) is 5.45. The highest BCUT2D eigenvalue weighted by molar-refractivity contribution is 7.21. The largest absolute Gasteiger partial charge is 0.397 e. The van der Waals surface area contributed by atoms with Crippen LogP contribution in [0, 0.1) is 0 Å². The fourth-order valence-electron chi connectivity index (χ4n) is 1.64. The highest BCUT2D eigenvalue weighted by atomic mass is 35.5. The molecule has 0 radical (unpaired) electrons. The van der Waals surface area contributed by atoms with Gasteiger partial charge in [0.1, 0.15) is 4.88 Å². The van der Waals surface area contributed by atoms with Crippen LogP contribution in [0.15, 0.2) is 18.2 Å². The lowest BCUT2D eigenvalue weighted by Gasteiger charge is -2.02. The molecule has 0 unspecified atom stereocenters. The first-order valence-electron chi connectivity index (χ1n) is 5.53. The van der Waals surface area contributed by atoms with Gasteiger partial charge in [-0.25, -0.2) is 0 Å². The van der Waals surface area contributed by atoms with Crippen molar-refractivity contribution >= 4 is 50.5 Å². The number of rotatable bonds is 4. The van der Waals surface area contributed by atoms with E-state index < -0.39 is 5.91 Å². The predicted octanol–water partition coefficient (Wildman–Crippen LogP) is 1.74. The van der Waals surface area contributed by atoms with E-state index in [9.17, 15) is 9.59 Å². The molecule has 5 N–H and O–H groups in total. The van der Waals surface area contributed by atoms with Crippen molar-refractivity contribution in [2.24, 2.45) is 5.73 Å². The van der Waals surface area contributed by atoms with Gasteiger partial charge in [-0.1, -0.05) is 11.6 Å². The molecule has 0 spiro atoms. The zero-order chi connectivity index (χ0) is 14.0. The highest BCUT2D eigenvalue weighted by Crippen LogP contribution is 2.35. The summed E-state index contributed by atoms with van der Waals surface area (Å²) in [5, 5.41) is 3.93. The summed E-state index contributed by atoms with van der Waals surface area (Å²) in [7, 11) is 0. The molecule has 0 atom stereocenters. The van der Waals surface area contributed by atoms with Gasteiger partial charge >= 0.3 is 0 Å². The smallest absolute Gasteiger partial charge is 0.263 e. The van der Waals surface area contributed by atoms with E-state index in [1.807, 2.05) is 6.07 Å². The van der Waals surface area contributed by atoms with E-state index in [1.165, 1.54) is 11.3 Å². The van der Waals surface area contributed by atoms with E-state index in [0.717, 1.165) is 10.1 Å². The molecule has 2 amide bonds. The summed E-state index contributed by atoms with van der Waals surface area (Å²) < 4.78 is 0.891. The van der Waals surface area contributed by atoms with Gasteiger partial charge < -0.3 is 16.8 Å². The first-order valence-corrected chi connectivity index (χ1v) is 6.72. The fourth-order valence-corrected chi connectivity index (χ4v) is 2.83. The molecule has 0 aliphatic heterocycles. The van der Waals surface area contributed by atoms with Gasteiger partial charge in [-0.2, -0.15) is 0 Å². The Labute approximate surface area is 118 Å². The van der Waals surface area contributed by atoms with Gasteiger partial charge in [-0.05, 0) is 18.2 Å². The molecule has 19 heavy (non-hydrogen) atoms. The number of nitrogens with one attached hydrogen (secondary N) is 1. The summed E-state index contributed by atoms with van der Waals surface area (Å²) in [6.45, 7) is 0.197. The molecule has 0 saturated carbocycles. The van der Waals surface area contributed by atoms with Gasteiger partial charge in [-0.15, -0.1) is 11.3 Å². The number of primary amides is 1. The van der Waals surface area contributed by atoms with Gasteiger partial charge in [0.25, 0.3) is 5.91 Å². The lowest BCUT2D eigenvalue weighted by atomic mass is 10.2. The van der Waals surface area contributed by atoms with Crippen molar-refractivity contribution in [3.05, 3.63) is 28.1 Å². The van der Waals surface area contributed by atoms with Crippen molar-refractivity contribution in [2.45, 2.75) is 6.42 Å². The van der Waals surface area contributed by atoms with Gasteiger partial charge in [0, 0.05) is 28.1 Å². The zero-order valence-electron chi connectivity index (χ0n) is 9.90. The Bertz CT molecular complexity index is 654. The fraction of sp³-hybridized carbons (Fsp3) is 0.167. The third-order valence-electron chi connectivity index (χ3n) is 2.55. The van der Waals surface area contributed by atoms with Crippen LogP contribution in [-0.2, 0) is 4.79 Å². The van der Waals surface area contributed by atoms with E-state index in [4.69, 9.17) is 23.1 Å². The van der Waals surface area contributed by atoms with E-state index in [0.29, 0.717) is 15.6 Å². The quantitative estimate of drug-likeness (QED) is 0.801. The van der Waals surface area contributed by atoms with E-state index >= 15 is 0 Å². The number of hydrogen-bond donors (Lipinski definition) is 3. The lowest BCUT2D eigenvalue weighted by molar-refractivity contribution is -0.117. The molecule has 2 aromatic rings. The molecule has 0 bridgehead atoms. The molecule has 5 nitrogen and oxygen atoms in total. The minimum Gasteiger partial charge on any atom is -0.397 e. The molecule has 7 heteroatoms. The molecule has 0 aliphatic rings. The Kier molecular flexibility index (Phi) is 3.92. The molecule has 1 heterocycles. The van der Waals surface area contributed by atoms with Gasteiger partial charge in [-0.3, -0.25) is 9.59 Å². The second kappa shape index (κ2) is 5.46. The van der Waals surface area contributed by atoms with Crippen molar-refractivity contribution in [3.8, 4) is 0 Å². The second-order valence-electron chi connectivity index (χ2n) is 3.96. The number of carbonyl (C=O) groups is 2. The summed E-state index contributed by atoms with van der Waals surface area (Å²) in [6.07, 6.45) is 0.0996. The van der Waals surface area contributed by atoms with E-state index in [1.54, 1.807) is 12.1 Å². The minimum atomic E-state index is -0.462. The van der Waals surface area contributed by atoms with Gasteiger partial charge in [0.05, 0.1) is 5.69 Å². The predicted molar refractivity (Wildman–Crippen MR) is 77.4 cm³/mol. The lowest BCUT2D eigenvalue weighted by Crippen LogP contribution is -2.27. The number of benzene rings is 1. The number of amides is 2. The number of carbonyl (C=O) groups excluding carboxylic acids is 2. The minimum absolute atomic E-state index is 0.0996. The summed E-state index contributed by atoms with van der Waals surface area (Å²) in [6, 6.07) is 5.29. The topological polar surface area (TPSA) is 98.2 Å². The summed E-state index contributed by atoms with van der Waals surface area (Å²) >= 11 is 7.18. The Morgan fingerprint density at radius 1 is 1.37 bits per heavy atom. The molecule has 0 saturated heterocycles. The zero-order valence-corrected chi connectivity index (χ0v) is 11.5. The number of nitrogen functional groups attached to an aromatic ring is 1. The third kappa shape index (κ3) is 2.97. The van der Waals surface area contributed by atoms with Crippen LogP contribution in [-0.4, -0.2) is 18.4 Å². The van der Waals surface area contributed by atoms with Crippen LogP contribution in [0.1, 0.15) is 16.1 Å². The monoisotopic (exact) mass is 297 g/mol. The van der Waals surface area contributed by atoms with Crippen LogP contribution in [0.5, 0.6) is 0 Å². The Balaban J connectivity index is 2.22. The van der Waals surface area contributed by atoms with Crippen molar-refractivity contribution in [3.63, 3.8) is 0 Å². The molecular formula is C12H12ClN3O2S. The Morgan fingerprint density at radius 2 is 2.11 bits per heavy atom. The van der Waals surface area contributed by atoms with Crippen LogP contribution < -0.4 is 16.8 Å². The van der Waals surface area contributed by atoms with E-state index in [-0.39, 0.29) is 18.9 Å². The molecule has 0 fully saturated rings. The molecule has 100 valence electrons. The average molecular weight is 298 g/mol. The maximum Gasteiger partial charge on any atom is 0.263 e. The number of hydrogen-bond acceptors (Lipinski definition) is 4. The molecule has 1 aromatic carbocycles. The SMILES string of the molecule is NC(=O)CCNC(=O)c1sc2ccc(Cl)cc2c1N. The third-order valence-corrected chi connectivity index (χ3v) is 3.97. The first-order chi connectivity index (χ1) is 8.99. The summed E-state index contributed by atoms with van der Waals surface area (Å²) in [5.41, 5.74) is 11.3. The average Bonchev–Trinajstić information content (AvgIpc) is 2.66. The molecule has 1 aromatic heterocycles. The summed E-state index contributed by atoms with van der Waals surface area (Å²) in [5.74, 6) is -0.771. The maximum atomic E-state index is 11.9. The number of thiophene rings is 1. The van der Waals surface area contributed by atoms with Crippen molar-refractivity contribution < 1.29 is 9.59 Å². The van der Waals surface area contributed by atoms with E-state index in [2.05, 4.69) is 5.32 Å². The van der Waals surface area contributed by atoms with Crippen LogP contribution in [0.4, 0.5) is 5.69 Å². The van der Waals surface area contributed by atoms with Crippen LogP contribution in [0.2, 0.25) is 5.02 Å².